The van der Waals surface area contributed by atoms with E-state index in [4.69, 9.17) is 4.74 Å². The molecule has 0 aliphatic rings. The van der Waals surface area contributed by atoms with Gasteiger partial charge in [-0.15, -0.1) is 0 Å². The fourth-order valence-electron chi connectivity index (χ4n) is 1.58. The first-order valence-corrected chi connectivity index (χ1v) is 6.49. The zero-order chi connectivity index (χ0) is 12.5. The zero-order valence-corrected chi connectivity index (χ0v) is 11.2. The Kier molecular flexibility index (Phi) is 6.63. The van der Waals surface area contributed by atoms with Crippen molar-refractivity contribution in [1.82, 2.24) is 4.98 Å². The van der Waals surface area contributed by atoms with Gasteiger partial charge in [-0.05, 0) is 37.3 Å². The van der Waals surface area contributed by atoms with Crippen LogP contribution < -0.4 is 5.32 Å². The summed E-state index contributed by atoms with van der Waals surface area (Å²) in [5.74, 6) is 1.69. The molecule has 0 aromatic carbocycles. The second kappa shape index (κ2) is 8.07. The predicted molar refractivity (Wildman–Crippen MR) is 72.1 cm³/mol. The van der Waals surface area contributed by atoms with Gasteiger partial charge in [-0.1, -0.05) is 19.9 Å². The number of pyridine rings is 1. The summed E-state index contributed by atoms with van der Waals surface area (Å²) in [5.41, 5.74) is 1.14. The van der Waals surface area contributed by atoms with E-state index in [0.29, 0.717) is 6.61 Å². The molecule has 96 valence electrons. The first kappa shape index (κ1) is 14.0. The molecule has 0 aliphatic heterocycles. The van der Waals surface area contributed by atoms with Crippen molar-refractivity contribution < 1.29 is 4.74 Å². The number of hydrogen-bond acceptors (Lipinski definition) is 3. The lowest BCUT2D eigenvalue weighted by atomic mass is 10.1. The molecule has 0 atom stereocenters. The number of nitrogens with one attached hydrogen (secondary N) is 1. The van der Waals surface area contributed by atoms with Crippen LogP contribution in [0, 0.1) is 5.92 Å². The zero-order valence-electron chi connectivity index (χ0n) is 11.2. The van der Waals surface area contributed by atoms with Crippen molar-refractivity contribution in [2.75, 3.05) is 18.5 Å². The van der Waals surface area contributed by atoms with Crippen molar-refractivity contribution in [3.05, 3.63) is 23.9 Å². The molecule has 1 aromatic heterocycles. The Bertz CT molecular complexity index is 296. The molecule has 0 saturated carbocycles. The van der Waals surface area contributed by atoms with Crippen molar-refractivity contribution >= 4 is 5.82 Å². The van der Waals surface area contributed by atoms with Crippen LogP contribution in [0.25, 0.3) is 0 Å². The highest BCUT2D eigenvalue weighted by molar-refractivity contribution is 5.34. The Hall–Kier alpha value is -1.09. The lowest BCUT2D eigenvalue weighted by Crippen LogP contribution is -2.01. The highest BCUT2D eigenvalue weighted by Gasteiger charge is 1.97. The quantitative estimate of drug-likeness (QED) is 0.702. The van der Waals surface area contributed by atoms with Gasteiger partial charge in [0.15, 0.2) is 0 Å². The SMILES string of the molecule is CCNc1ccc(COCCCC(C)C)cn1. The van der Waals surface area contributed by atoms with E-state index in [1.165, 1.54) is 6.42 Å². The van der Waals surface area contributed by atoms with Gasteiger partial charge in [0.05, 0.1) is 6.61 Å². The Balaban J connectivity index is 2.18. The van der Waals surface area contributed by atoms with Crippen LogP contribution in [0.15, 0.2) is 18.3 Å². The fourth-order valence-corrected chi connectivity index (χ4v) is 1.58. The number of anilines is 1. The summed E-state index contributed by atoms with van der Waals surface area (Å²) in [6.07, 6.45) is 4.25. The highest BCUT2D eigenvalue weighted by atomic mass is 16.5. The molecule has 17 heavy (non-hydrogen) atoms. The van der Waals surface area contributed by atoms with Gasteiger partial charge < -0.3 is 10.1 Å². The summed E-state index contributed by atoms with van der Waals surface area (Å²) < 4.78 is 5.61. The van der Waals surface area contributed by atoms with E-state index >= 15 is 0 Å². The van der Waals surface area contributed by atoms with Gasteiger partial charge in [0.25, 0.3) is 0 Å². The standard InChI is InChI=1S/C14H24N2O/c1-4-15-14-8-7-13(10-16-14)11-17-9-5-6-12(2)3/h7-8,10,12H,4-6,9,11H2,1-3H3,(H,15,16). The van der Waals surface area contributed by atoms with E-state index in [1.807, 2.05) is 12.3 Å². The molecule has 3 heteroatoms. The second-order valence-corrected chi connectivity index (χ2v) is 4.67. The second-order valence-electron chi connectivity index (χ2n) is 4.67. The van der Waals surface area contributed by atoms with Gasteiger partial charge in [0, 0.05) is 19.3 Å². The lowest BCUT2D eigenvalue weighted by molar-refractivity contribution is 0.114. The van der Waals surface area contributed by atoms with Crippen LogP contribution in [-0.4, -0.2) is 18.1 Å². The Labute approximate surface area is 105 Å². The van der Waals surface area contributed by atoms with Gasteiger partial charge in [-0.25, -0.2) is 4.98 Å². The van der Waals surface area contributed by atoms with Gasteiger partial charge >= 0.3 is 0 Å². The van der Waals surface area contributed by atoms with Gasteiger partial charge in [-0.3, -0.25) is 0 Å². The first-order valence-electron chi connectivity index (χ1n) is 6.49. The minimum absolute atomic E-state index is 0.664. The fraction of sp³-hybridized carbons (Fsp3) is 0.643. The van der Waals surface area contributed by atoms with Crippen molar-refractivity contribution in [1.29, 1.82) is 0 Å². The molecule has 0 radical (unpaired) electrons. The van der Waals surface area contributed by atoms with Crippen molar-refractivity contribution in [3.63, 3.8) is 0 Å². The topological polar surface area (TPSA) is 34.1 Å². The third kappa shape index (κ3) is 6.27. The number of hydrogen-bond donors (Lipinski definition) is 1. The summed E-state index contributed by atoms with van der Waals surface area (Å²) in [7, 11) is 0. The van der Waals surface area contributed by atoms with E-state index in [1.54, 1.807) is 0 Å². The maximum absolute atomic E-state index is 5.61. The average Bonchev–Trinajstić information content (AvgIpc) is 2.31. The number of rotatable bonds is 8. The van der Waals surface area contributed by atoms with E-state index in [2.05, 4.69) is 37.1 Å². The third-order valence-electron chi connectivity index (χ3n) is 2.52. The van der Waals surface area contributed by atoms with Crippen molar-refractivity contribution in [3.8, 4) is 0 Å². The molecule has 0 fully saturated rings. The summed E-state index contributed by atoms with van der Waals surface area (Å²) in [4.78, 5) is 4.30. The maximum atomic E-state index is 5.61. The van der Waals surface area contributed by atoms with Crippen LogP contribution in [0.5, 0.6) is 0 Å². The Morgan fingerprint density at radius 3 is 2.76 bits per heavy atom. The minimum Gasteiger partial charge on any atom is -0.377 e. The predicted octanol–water partition coefficient (Wildman–Crippen LogP) is 3.47. The molecule has 1 heterocycles. The highest BCUT2D eigenvalue weighted by Crippen LogP contribution is 2.07. The molecule has 0 bridgehead atoms. The minimum atomic E-state index is 0.664. The van der Waals surface area contributed by atoms with Crippen LogP contribution in [0.2, 0.25) is 0 Å². The molecule has 0 amide bonds. The molecule has 1 aromatic rings. The Morgan fingerprint density at radius 1 is 1.35 bits per heavy atom. The van der Waals surface area contributed by atoms with E-state index in [0.717, 1.165) is 36.9 Å². The van der Waals surface area contributed by atoms with Gasteiger partial charge in [-0.2, -0.15) is 0 Å². The summed E-state index contributed by atoms with van der Waals surface area (Å²) in [6, 6.07) is 4.06. The Morgan fingerprint density at radius 2 is 2.18 bits per heavy atom. The molecule has 0 unspecified atom stereocenters. The first-order chi connectivity index (χ1) is 8.22. The summed E-state index contributed by atoms with van der Waals surface area (Å²) in [5, 5.41) is 3.17. The van der Waals surface area contributed by atoms with Crippen LogP contribution in [0.3, 0.4) is 0 Å². The summed E-state index contributed by atoms with van der Waals surface area (Å²) >= 11 is 0. The van der Waals surface area contributed by atoms with E-state index in [9.17, 15) is 0 Å². The molecular weight excluding hydrogens is 212 g/mol. The average molecular weight is 236 g/mol. The molecule has 0 aliphatic carbocycles. The van der Waals surface area contributed by atoms with Crippen molar-refractivity contribution in [2.24, 2.45) is 5.92 Å². The normalized spacial score (nSPS) is 10.8. The molecule has 0 spiro atoms. The van der Waals surface area contributed by atoms with Crippen LogP contribution in [-0.2, 0) is 11.3 Å². The summed E-state index contributed by atoms with van der Waals surface area (Å²) in [6.45, 7) is 8.95. The third-order valence-corrected chi connectivity index (χ3v) is 2.52. The molecule has 3 nitrogen and oxygen atoms in total. The smallest absolute Gasteiger partial charge is 0.125 e. The lowest BCUT2D eigenvalue weighted by Gasteiger charge is -2.07. The number of nitrogens with zero attached hydrogens (tertiary/aromatic N) is 1. The number of aromatic nitrogens is 1. The molecule has 0 saturated heterocycles. The van der Waals surface area contributed by atoms with Crippen LogP contribution in [0.4, 0.5) is 5.82 Å². The van der Waals surface area contributed by atoms with Crippen LogP contribution >= 0.6 is 0 Å². The monoisotopic (exact) mass is 236 g/mol. The van der Waals surface area contributed by atoms with E-state index < -0.39 is 0 Å². The van der Waals surface area contributed by atoms with Gasteiger partial charge in [0.2, 0.25) is 0 Å². The van der Waals surface area contributed by atoms with Crippen molar-refractivity contribution in [2.45, 2.75) is 40.2 Å². The van der Waals surface area contributed by atoms with E-state index in [-0.39, 0.29) is 0 Å². The largest absolute Gasteiger partial charge is 0.377 e. The molecular formula is C14H24N2O. The molecule has 1 rings (SSSR count). The van der Waals surface area contributed by atoms with Gasteiger partial charge in [0.1, 0.15) is 5.82 Å². The maximum Gasteiger partial charge on any atom is 0.125 e. The van der Waals surface area contributed by atoms with Crippen LogP contribution in [0.1, 0.15) is 39.2 Å². The number of ether oxygens (including phenoxy) is 1. The molecule has 1 N–H and O–H groups in total.